The first-order valence-electron chi connectivity index (χ1n) is 23.7. The van der Waals surface area contributed by atoms with Crippen LogP contribution in [-0.4, -0.2) is 169 Å². The van der Waals surface area contributed by atoms with Crippen LogP contribution in [0.1, 0.15) is 56.6 Å². The zero-order chi connectivity index (χ0) is 54.3. The van der Waals surface area contributed by atoms with E-state index in [4.69, 9.17) is 54.2 Å². The smallest absolute Gasteiger partial charge is 0.338 e. The molecule has 0 spiro atoms. The molecule has 404 valence electrons. The summed E-state index contributed by atoms with van der Waals surface area (Å²) in [6, 6.07) is 10.1. The van der Waals surface area contributed by atoms with Gasteiger partial charge in [0.05, 0.1) is 76.7 Å². The third-order valence-corrected chi connectivity index (χ3v) is 11.9. The molecule has 1 saturated heterocycles. The fourth-order valence-corrected chi connectivity index (χ4v) is 8.11. The number of nitrogens with one attached hydrogen (secondary N) is 2. The van der Waals surface area contributed by atoms with E-state index < -0.39 is 91.3 Å². The molecular weight excluding hydrogens is 1020 g/mol. The molecule has 2 aromatic rings. The molecule has 2 unspecified atom stereocenters. The predicted molar refractivity (Wildman–Crippen MR) is 252 cm³/mol. The summed E-state index contributed by atoms with van der Waals surface area (Å²) in [6.45, 7) is 3.42. The van der Waals surface area contributed by atoms with E-state index in [2.05, 4.69) is 10.6 Å². The van der Waals surface area contributed by atoms with Crippen molar-refractivity contribution < 1.29 is 101 Å². The van der Waals surface area contributed by atoms with Crippen LogP contribution >= 0.6 is 11.6 Å². The molecule has 0 aromatic heterocycles. The maximum Gasteiger partial charge on any atom is 0.338 e. The molecule has 3 heterocycles. The summed E-state index contributed by atoms with van der Waals surface area (Å²) < 4.78 is 49.2. The molecule has 26 heteroatoms. The van der Waals surface area contributed by atoms with Gasteiger partial charge in [-0.15, -0.1) is 0 Å². The van der Waals surface area contributed by atoms with Crippen molar-refractivity contribution in [2.45, 2.75) is 82.8 Å². The molecule has 6 N–H and O–H groups in total. The Bertz CT molecular complexity index is 2590. The van der Waals surface area contributed by atoms with E-state index in [0.717, 1.165) is 4.90 Å². The Labute approximate surface area is 433 Å². The minimum Gasteiger partial charge on any atom is -0.479 e. The molecule has 3 aliphatic heterocycles. The van der Waals surface area contributed by atoms with Gasteiger partial charge in [0.1, 0.15) is 48.6 Å². The second-order valence-corrected chi connectivity index (χ2v) is 17.3. The predicted octanol–water partition coefficient (Wildman–Crippen LogP) is 0.694. The van der Waals surface area contributed by atoms with Gasteiger partial charge in [0.15, 0.2) is 12.0 Å². The molecule has 4 amide bonds. The number of aliphatic carboxylic acids is 1. The Morgan fingerprint density at radius 3 is 2.19 bits per heavy atom. The van der Waals surface area contributed by atoms with Crippen LogP contribution in [0.25, 0.3) is 0 Å². The highest BCUT2D eigenvalue weighted by atomic mass is 35.5. The van der Waals surface area contributed by atoms with Gasteiger partial charge < -0.3 is 73.7 Å². The first-order valence-corrected chi connectivity index (χ1v) is 24.0. The van der Waals surface area contributed by atoms with Gasteiger partial charge in [-0.3, -0.25) is 33.7 Å². The topological polar surface area (TPSA) is 352 Å². The zero-order valence-electron chi connectivity index (χ0n) is 40.6. The van der Waals surface area contributed by atoms with E-state index in [0.29, 0.717) is 17.6 Å². The number of halogens is 1. The molecule has 0 saturated carbocycles. The summed E-state index contributed by atoms with van der Waals surface area (Å²) in [4.78, 5) is 103. The van der Waals surface area contributed by atoms with E-state index in [9.17, 15) is 64.0 Å². The fraction of sp³-hybridized carbons (Fsp3) is 0.490. The number of fused-ring (bicyclic) bond motifs is 1. The number of aliphatic hydroxyl groups excluding tert-OH is 3. The monoisotopic (exact) mass is 1070 g/mol. The summed E-state index contributed by atoms with van der Waals surface area (Å²) in [7, 11) is 0. The Balaban J connectivity index is 1.04. The molecule has 7 atom stereocenters. The van der Waals surface area contributed by atoms with Crippen molar-refractivity contribution in [2.75, 3.05) is 71.3 Å². The number of esters is 3. The number of carboxylic acid groups (broad SMARTS) is 1. The number of carbonyl (C=O) groups excluding carboxylic acids is 7. The largest absolute Gasteiger partial charge is 0.479 e. The van der Waals surface area contributed by atoms with E-state index in [1.54, 1.807) is 0 Å². The number of nitriles is 1. The number of hydrogen-bond acceptors (Lipinski definition) is 21. The number of imide groups is 1. The Morgan fingerprint density at radius 2 is 1.52 bits per heavy atom. The van der Waals surface area contributed by atoms with Crippen LogP contribution in [0.15, 0.2) is 58.9 Å². The van der Waals surface area contributed by atoms with Gasteiger partial charge in [0, 0.05) is 53.5 Å². The Kier molecular flexibility index (Phi) is 20.6. The number of piperidine rings is 1. The molecule has 2 aromatic carbocycles. The molecule has 75 heavy (non-hydrogen) atoms. The highest BCUT2D eigenvalue weighted by Gasteiger charge is 2.49. The molecule has 1 fully saturated rings. The number of rotatable bonds is 28. The maximum atomic E-state index is 13.6. The first kappa shape index (κ1) is 57.3. The number of nitrogens with zero attached hydrogens (tertiary/aromatic N) is 2. The van der Waals surface area contributed by atoms with Crippen molar-refractivity contribution in [3.8, 4) is 17.6 Å². The number of anilines is 1. The van der Waals surface area contributed by atoms with Crippen molar-refractivity contribution in [3.05, 3.63) is 75.0 Å². The fourth-order valence-electron chi connectivity index (χ4n) is 7.92. The molecule has 25 nitrogen and oxygen atoms in total. The normalized spacial score (nSPS) is 21.0. The van der Waals surface area contributed by atoms with Crippen LogP contribution in [0, 0.1) is 17.2 Å². The van der Waals surface area contributed by atoms with Crippen LogP contribution in [0.4, 0.5) is 5.69 Å². The van der Waals surface area contributed by atoms with Crippen LogP contribution in [-0.2, 0) is 78.1 Å². The Morgan fingerprint density at radius 1 is 0.840 bits per heavy atom. The number of hydrogen-bond donors (Lipinski definition) is 6. The maximum absolute atomic E-state index is 13.6. The molecule has 0 radical (unpaired) electrons. The van der Waals surface area contributed by atoms with Gasteiger partial charge in [0.25, 0.3) is 11.8 Å². The van der Waals surface area contributed by atoms with Gasteiger partial charge in [-0.1, -0.05) is 17.7 Å². The van der Waals surface area contributed by atoms with E-state index in [1.807, 2.05) is 6.07 Å². The molecule has 6 rings (SSSR count). The third-order valence-electron chi connectivity index (χ3n) is 11.7. The van der Waals surface area contributed by atoms with Gasteiger partial charge in [-0.2, -0.15) is 5.26 Å². The zero-order valence-corrected chi connectivity index (χ0v) is 41.4. The summed E-state index contributed by atoms with van der Waals surface area (Å²) >= 11 is 6.28. The highest BCUT2D eigenvalue weighted by Crippen LogP contribution is 2.46. The molecular formula is C49H55ClN4O21. The average Bonchev–Trinajstić information content (AvgIpc) is 4.15. The lowest BCUT2D eigenvalue weighted by molar-refractivity contribution is -0.271. The minimum atomic E-state index is -2.03. The molecule has 4 aliphatic rings. The lowest BCUT2D eigenvalue weighted by Crippen LogP contribution is -2.61. The second-order valence-electron chi connectivity index (χ2n) is 16.8. The number of benzene rings is 2. The van der Waals surface area contributed by atoms with E-state index >= 15 is 0 Å². The average molecular weight is 1070 g/mol. The number of aliphatic hydroxyl groups is 3. The first-order chi connectivity index (χ1) is 36.0. The van der Waals surface area contributed by atoms with Crippen molar-refractivity contribution in [1.82, 2.24) is 10.2 Å². The summed E-state index contributed by atoms with van der Waals surface area (Å²) in [5, 5.41) is 56.3. The van der Waals surface area contributed by atoms with E-state index in [-0.39, 0.29) is 135 Å². The quantitative estimate of drug-likeness (QED) is 0.0295. The van der Waals surface area contributed by atoms with Crippen LogP contribution in [0.2, 0.25) is 5.02 Å². The minimum absolute atomic E-state index is 0.0353. The van der Waals surface area contributed by atoms with Crippen molar-refractivity contribution >= 4 is 64.8 Å². The van der Waals surface area contributed by atoms with Crippen molar-refractivity contribution in [3.63, 3.8) is 0 Å². The summed E-state index contributed by atoms with van der Waals surface area (Å²) in [5.74, 6) is -9.64. The molecule has 1 aliphatic carbocycles. The van der Waals surface area contributed by atoms with Gasteiger partial charge in [0.2, 0.25) is 18.1 Å². The standard InChI is InChI=1S/C49H55ClN4O21/c1-3-70-47(65)30(23-51)38-29-20-26(50)6-8-32(29)73-34(39(38)48(66)71-4-2)22-37(57)72-24-25-5-7-33(74-49-42(60)40(58)41(59)43(75-49)46(63)64)31(19-25)53-36(56)9-11-52-35(55)10-13-67-15-17-69-18-16-68-14-12-54-44(61)27-21-28(27)45(54)62/h5-8,19-20,30,38,40-43,49,58-60H,3-4,9-18,21-22,24H2,1-2H3,(H,52,55)(H,53,56)(H,63,64)/t30?,38?,40-,41-,42+,43-,49+/m0/s1. The third kappa shape index (κ3) is 14.9. The molecule has 0 bridgehead atoms. The van der Waals surface area contributed by atoms with Crippen molar-refractivity contribution in [2.24, 2.45) is 5.92 Å². The van der Waals surface area contributed by atoms with Gasteiger partial charge in [-0.05, 0) is 49.7 Å². The number of likely N-dealkylation sites (tertiary alicyclic amines) is 1. The lowest BCUT2D eigenvalue weighted by Gasteiger charge is -2.38. The van der Waals surface area contributed by atoms with Gasteiger partial charge >= 0.3 is 23.9 Å². The van der Waals surface area contributed by atoms with Gasteiger partial charge in [-0.25, -0.2) is 9.59 Å². The SMILES string of the molecule is CCOC(=O)C1=C(CC(=O)OCc2ccc(O[C@@H]3O[C@H](C(=O)O)[C@@H](O)[C@H](O)[C@H]3O)c(NC(=O)CCNC(=O)CCOCCOCCOCCN3C(=O)C4=C(C4)C3=O)c2)Oc2ccc(Cl)cc2C1C(C#N)C(=O)OCC. The summed E-state index contributed by atoms with van der Waals surface area (Å²) in [5.41, 5.74) is 1.08. The van der Waals surface area contributed by atoms with E-state index in [1.165, 1.54) is 50.2 Å². The van der Waals surface area contributed by atoms with Crippen LogP contribution in [0.3, 0.4) is 0 Å². The number of ether oxygens (including phenoxy) is 9. The second kappa shape index (κ2) is 27.0. The lowest BCUT2D eigenvalue weighted by atomic mass is 9.78. The number of amides is 4. The Hall–Kier alpha value is -7.02. The van der Waals surface area contributed by atoms with Crippen LogP contribution in [0.5, 0.6) is 11.5 Å². The summed E-state index contributed by atoms with van der Waals surface area (Å²) in [6.07, 6.45) is -10.5. The number of carbonyl (C=O) groups is 8. The highest BCUT2D eigenvalue weighted by molar-refractivity contribution is 6.30. The van der Waals surface area contributed by atoms with Crippen LogP contribution < -0.4 is 20.1 Å². The number of carboxylic acids is 1. The van der Waals surface area contributed by atoms with Crippen molar-refractivity contribution in [1.29, 1.82) is 5.26 Å².